The molecular weight excluding hydrogens is 420 g/mol. The summed E-state index contributed by atoms with van der Waals surface area (Å²) in [6.07, 6.45) is 0. The quantitative estimate of drug-likeness (QED) is 0.338. The summed E-state index contributed by atoms with van der Waals surface area (Å²) in [5.41, 5.74) is 2.44. The molecule has 0 unspecified atom stereocenters. The fraction of sp³-hybridized carbons (Fsp3) is 0.111. The minimum absolute atomic E-state index is 0.266. The van der Waals surface area contributed by atoms with Crippen LogP contribution in [0, 0.1) is 6.92 Å². The highest BCUT2D eigenvalue weighted by Gasteiger charge is 2.16. The summed E-state index contributed by atoms with van der Waals surface area (Å²) in [5.74, 6) is 1.02. The largest absolute Gasteiger partial charge is 0.493 e. The van der Waals surface area contributed by atoms with Gasteiger partial charge in [-0.15, -0.1) is 0 Å². The van der Waals surface area contributed by atoms with Crippen LogP contribution in [0.25, 0.3) is 33.1 Å². The second-order valence-corrected chi connectivity index (χ2v) is 7.68. The highest BCUT2D eigenvalue weighted by Crippen LogP contribution is 2.32. The molecule has 6 heteroatoms. The van der Waals surface area contributed by atoms with Crippen molar-refractivity contribution in [2.45, 2.75) is 13.5 Å². The van der Waals surface area contributed by atoms with Crippen LogP contribution < -0.4 is 20.7 Å². The Morgan fingerprint density at radius 3 is 2.52 bits per heavy atom. The number of para-hydroxylation sites is 1. The molecule has 2 heterocycles. The number of hydrogen-bond acceptors (Lipinski definition) is 6. The SMILES string of the molecule is COc1cccc2cc(-c3cc(=O)oc4cc(OCc5ccccc5C)ccc34)c(=O)oc12. The maximum absolute atomic E-state index is 12.8. The van der Waals surface area contributed by atoms with Crippen LogP contribution in [0.15, 0.2) is 91.2 Å². The van der Waals surface area contributed by atoms with E-state index in [1.165, 1.54) is 13.2 Å². The summed E-state index contributed by atoms with van der Waals surface area (Å²) < 4.78 is 22.2. The van der Waals surface area contributed by atoms with Crippen molar-refractivity contribution in [2.24, 2.45) is 0 Å². The van der Waals surface area contributed by atoms with Crippen molar-refractivity contribution in [3.63, 3.8) is 0 Å². The van der Waals surface area contributed by atoms with E-state index >= 15 is 0 Å². The maximum Gasteiger partial charge on any atom is 0.344 e. The zero-order chi connectivity index (χ0) is 22.9. The van der Waals surface area contributed by atoms with E-state index in [1.54, 1.807) is 36.4 Å². The molecule has 0 aliphatic rings. The molecule has 0 amide bonds. The highest BCUT2D eigenvalue weighted by atomic mass is 16.5. The standard InChI is InChI=1S/C27H20O6/c1-16-6-3-4-7-18(16)15-31-19-10-11-20-21(14-25(28)32-24(20)13-19)22-12-17-8-5-9-23(30-2)26(17)33-27(22)29/h3-14H,15H2,1-2H3. The van der Waals surface area contributed by atoms with Crippen molar-refractivity contribution in [3.8, 4) is 22.6 Å². The molecule has 5 rings (SSSR count). The Morgan fingerprint density at radius 1 is 0.848 bits per heavy atom. The number of fused-ring (bicyclic) bond motifs is 2. The van der Waals surface area contributed by atoms with Crippen LogP contribution in [-0.4, -0.2) is 7.11 Å². The highest BCUT2D eigenvalue weighted by molar-refractivity contribution is 5.96. The van der Waals surface area contributed by atoms with Crippen LogP contribution in [0.3, 0.4) is 0 Å². The Balaban J connectivity index is 1.58. The fourth-order valence-electron chi connectivity index (χ4n) is 3.86. The Hall–Kier alpha value is -4.32. The predicted octanol–water partition coefficient (Wildman–Crippen LogP) is 5.46. The molecule has 0 atom stereocenters. The molecule has 33 heavy (non-hydrogen) atoms. The summed E-state index contributed by atoms with van der Waals surface area (Å²) in [7, 11) is 1.51. The third-order valence-electron chi connectivity index (χ3n) is 5.61. The van der Waals surface area contributed by atoms with Gasteiger partial charge in [0.1, 0.15) is 17.9 Å². The molecule has 0 radical (unpaired) electrons. The zero-order valence-electron chi connectivity index (χ0n) is 18.1. The summed E-state index contributed by atoms with van der Waals surface area (Å²) >= 11 is 0. The second kappa shape index (κ2) is 8.31. The number of hydrogen-bond donors (Lipinski definition) is 0. The average Bonchev–Trinajstić information content (AvgIpc) is 2.82. The Bertz CT molecular complexity index is 1610. The van der Waals surface area contributed by atoms with Gasteiger partial charge in [-0.3, -0.25) is 0 Å². The van der Waals surface area contributed by atoms with Crippen molar-refractivity contribution >= 4 is 21.9 Å². The summed E-state index contributed by atoms with van der Waals surface area (Å²) in [6.45, 7) is 2.41. The van der Waals surface area contributed by atoms with Crippen molar-refractivity contribution in [1.29, 1.82) is 0 Å². The molecule has 0 aliphatic carbocycles. The third kappa shape index (κ3) is 3.87. The maximum atomic E-state index is 12.8. The number of methoxy groups -OCH3 is 1. The topological polar surface area (TPSA) is 78.9 Å². The first-order chi connectivity index (χ1) is 16.0. The average molecular weight is 440 g/mol. The summed E-state index contributed by atoms with van der Waals surface area (Å²) in [6, 6.07) is 21.5. The molecule has 6 nitrogen and oxygen atoms in total. The van der Waals surface area contributed by atoms with Gasteiger partial charge < -0.3 is 18.3 Å². The van der Waals surface area contributed by atoms with Crippen molar-refractivity contribution < 1.29 is 18.3 Å². The van der Waals surface area contributed by atoms with Crippen LogP contribution in [-0.2, 0) is 6.61 Å². The molecule has 0 bridgehead atoms. The lowest BCUT2D eigenvalue weighted by molar-refractivity contribution is 0.305. The van der Waals surface area contributed by atoms with Crippen LogP contribution in [0.1, 0.15) is 11.1 Å². The first kappa shape index (κ1) is 20.6. The molecule has 0 saturated carbocycles. The van der Waals surface area contributed by atoms with Crippen molar-refractivity contribution in [3.05, 3.63) is 105 Å². The number of rotatable bonds is 5. The van der Waals surface area contributed by atoms with Crippen molar-refractivity contribution in [1.82, 2.24) is 0 Å². The van der Waals surface area contributed by atoms with Crippen LogP contribution in [0.5, 0.6) is 11.5 Å². The molecule has 0 fully saturated rings. The number of ether oxygens (including phenoxy) is 2. The molecule has 164 valence electrons. The lowest BCUT2D eigenvalue weighted by atomic mass is 10.0. The van der Waals surface area contributed by atoms with Gasteiger partial charge in [-0.2, -0.15) is 0 Å². The van der Waals surface area contributed by atoms with E-state index in [9.17, 15) is 9.59 Å². The minimum Gasteiger partial charge on any atom is -0.493 e. The Morgan fingerprint density at radius 2 is 1.70 bits per heavy atom. The van der Waals surface area contributed by atoms with E-state index < -0.39 is 11.3 Å². The number of aryl methyl sites for hydroxylation is 1. The predicted molar refractivity (Wildman–Crippen MR) is 126 cm³/mol. The van der Waals surface area contributed by atoms with E-state index in [-0.39, 0.29) is 5.56 Å². The van der Waals surface area contributed by atoms with Crippen molar-refractivity contribution in [2.75, 3.05) is 7.11 Å². The first-order valence-electron chi connectivity index (χ1n) is 10.4. The van der Waals surface area contributed by atoms with Gasteiger partial charge in [0.15, 0.2) is 11.3 Å². The van der Waals surface area contributed by atoms with Gasteiger partial charge in [0, 0.05) is 28.5 Å². The smallest absolute Gasteiger partial charge is 0.344 e. The first-order valence-corrected chi connectivity index (χ1v) is 10.4. The Kier molecular flexibility index (Phi) is 5.18. The van der Waals surface area contributed by atoms with Gasteiger partial charge in [-0.1, -0.05) is 36.4 Å². The van der Waals surface area contributed by atoms with Gasteiger partial charge in [0.05, 0.1) is 12.7 Å². The second-order valence-electron chi connectivity index (χ2n) is 7.68. The van der Waals surface area contributed by atoms with Gasteiger partial charge in [0.2, 0.25) is 0 Å². The van der Waals surface area contributed by atoms with E-state index in [0.717, 1.165) is 11.1 Å². The van der Waals surface area contributed by atoms with E-state index in [2.05, 4.69) is 0 Å². The molecule has 0 saturated heterocycles. The summed E-state index contributed by atoms with van der Waals surface area (Å²) in [5, 5.41) is 1.29. The van der Waals surface area contributed by atoms with Crippen LogP contribution >= 0.6 is 0 Å². The van der Waals surface area contributed by atoms with E-state index in [0.29, 0.717) is 45.6 Å². The summed E-state index contributed by atoms with van der Waals surface area (Å²) in [4.78, 5) is 25.2. The lowest BCUT2D eigenvalue weighted by Gasteiger charge is -2.11. The molecule has 0 spiro atoms. The van der Waals surface area contributed by atoms with Gasteiger partial charge in [-0.05, 0) is 42.3 Å². The third-order valence-corrected chi connectivity index (χ3v) is 5.61. The zero-order valence-corrected chi connectivity index (χ0v) is 18.1. The van der Waals surface area contributed by atoms with E-state index in [1.807, 2.05) is 37.3 Å². The Labute approximate surface area is 188 Å². The van der Waals surface area contributed by atoms with Gasteiger partial charge in [-0.25, -0.2) is 9.59 Å². The van der Waals surface area contributed by atoms with Crippen LogP contribution in [0.2, 0.25) is 0 Å². The molecule has 5 aromatic rings. The lowest BCUT2D eigenvalue weighted by Crippen LogP contribution is -2.07. The normalized spacial score (nSPS) is 11.1. The molecule has 2 aromatic heterocycles. The molecular formula is C27H20O6. The number of benzene rings is 3. The molecule has 3 aromatic carbocycles. The van der Waals surface area contributed by atoms with E-state index in [4.69, 9.17) is 18.3 Å². The monoisotopic (exact) mass is 440 g/mol. The van der Waals surface area contributed by atoms with Gasteiger partial charge >= 0.3 is 11.3 Å². The minimum atomic E-state index is -0.571. The molecule has 0 aliphatic heterocycles. The molecule has 0 N–H and O–H groups in total. The van der Waals surface area contributed by atoms with Gasteiger partial charge in [0.25, 0.3) is 0 Å². The fourth-order valence-corrected chi connectivity index (χ4v) is 3.86. The van der Waals surface area contributed by atoms with Crippen LogP contribution in [0.4, 0.5) is 0 Å².